The van der Waals surface area contributed by atoms with Crippen LogP contribution < -0.4 is 5.32 Å². The van der Waals surface area contributed by atoms with Gasteiger partial charge in [-0.25, -0.2) is 0 Å². The minimum Gasteiger partial charge on any atom is -0.373 e. The van der Waals surface area contributed by atoms with Crippen molar-refractivity contribution in [3.05, 3.63) is 29.8 Å². The molecule has 4 heteroatoms. The molecule has 4 nitrogen and oxygen atoms in total. The molecule has 2 heterocycles. The van der Waals surface area contributed by atoms with Crippen LogP contribution in [0.2, 0.25) is 0 Å². The van der Waals surface area contributed by atoms with E-state index in [0.717, 1.165) is 44.6 Å². The molecule has 2 atom stereocenters. The zero-order chi connectivity index (χ0) is 14.8. The second kappa shape index (κ2) is 6.06. The summed E-state index contributed by atoms with van der Waals surface area (Å²) < 4.78 is 0. The van der Waals surface area contributed by atoms with E-state index in [0.29, 0.717) is 6.04 Å². The Morgan fingerprint density at radius 1 is 1.33 bits per heavy atom. The number of carbonyl (C=O) groups is 1. The van der Waals surface area contributed by atoms with E-state index in [1.165, 1.54) is 5.56 Å². The lowest BCUT2D eigenvalue weighted by atomic mass is 10.1. The largest absolute Gasteiger partial charge is 0.373 e. The van der Waals surface area contributed by atoms with Crippen LogP contribution in [0, 0.1) is 0 Å². The van der Waals surface area contributed by atoms with Crippen molar-refractivity contribution in [1.82, 2.24) is 9.80 Å². The Morgan fingerprint density at radius 3 is 2.90 bits per heavy atom. The van der Waals surface area contributed by atoms with E-state index in [9.17, 15) is 4.79 Å². The van der Waals surface area contributed by atoms with Crippen molar-refractivity contribution >= 4 is 11.6 Å². The average Bonchev–Trinajstić information content (AvgIpc) is 2.83. The number of fused-ring (bicyclic) bond motifs is 1. The molecule has 0 saturated carbocycles. The Kier molecular flexibility index (Phi) is 4.15. The van der Waals surface area contributed by atoms with Crippen molar-refractivity contribution in [3.8, 4) is 0 Å². The fraction of sp³-hybridized carbons (Fsp3) is 0.588. The summed E-state index contributed by atoms with van der Waals surface area (Å²) >= 11 is 0. The Morgan fingerprint density at radius 2 is 2.14 bits per heavy atom. The van der Waals surface area contributed by atoms with Gasteiger partial charge in [-0.3, -0.25) is 4.79 Å². The van der Waals surface area contributed by atoms with Crippen LogP contribution in [0.5, 0.6) is 0 Å². The van der Waals surface area contributed by atoms with Gasteiger partial charge in [0.2, 0.25) is 5.91 Å². The van der Waals surface area contributed by atoms with Gasteiger partial charge in [-0.05, 0) is 38.1 Å². The molecule has 1 amide bonds. The van der Waals surface area contributed by atoms with E-state index in [-0.39, 0.29) is 11.9 Å². The van der Waals surface area contributed by atoms with Gasteiger partial charge in [-0.15, -0.1) is 0 Å². The van der Waals surface area contributed by atoms with E-state index in [4.69, 9.17) is 0 Å². The summed E-state index contributed by atoms with van der Waals surface area (Å²) in [5.41, 5.74) is 2.38. The first-order valence-electron chi connectivity index (χ1n) is 8.02. The van der Waals surface area contributed by atoms with Gasteiger partial charge in [0.25, 0.3) is 0 Å². The monoisotopic (exact) mass is 287 g/mol. The first-order chi connectivity index (χ1) is 10.2. The van der Waals surface area contributed by atoms with Crippen molar-refractivity contribution in [2.45, 2.75) is 38.3 Å². The summed E-state index contributed by atoms with van der Waals surface area (Å²) in [5.74, 6) is 0.272. The summed E-state index contributed by atoms with van der Waals surface area (Å²) in [5, 5.41) is 3.40. The van der Waals surface area contributed by atoms with Crippen molar-refractivity contribution in [2.24, 2.45) is 0 Å². The van der Waals surface area contributed by atoms with E-state index < -0.39 is 0 Å². The standard InChI is InChI=1S/C17H25N3O/c1-3-14-12-19(2)9-6-10-20(14)17(21)16-11-13-7-4-5-8-15(13)18-16/h4-5,7-8,14,16,18H,3,6,9-12H2,1-2H3. The fourth-order valence-corrected chi connectivity index (χ4v) is 3.53. The maximum atomic E-state index is 12.9. The fourth-order valence-electron chi connectivity index (χ4n) is 3.53. The molecular weight excluding hydrogens is 262 g/mol. The molecule has 0 radical (unpaired) electrons. The lowest BCUT2D eigenvalue weighted by Crippen LogP contribution is -2.49. The van der Waals surface area contributed by atoms with E-state index in [1.54, 1.807) is 0 Å². The molecule has 0 aromatic heterocycles. The molecule has 21 heavy (non-hydrogen) atoms. The lowest BCUT2D eigenvalue weighted by molar-refractivity contribution is -0.134. The third kappa shape index (κ3) is 2.91. The summed E-state index contributed by atoms with van der Waals surface area (Å²) in [6.07, 6.45) is 2.91. The minimum absolute atomic E-state index is 0.0835. The van der Waals surface area contributed by atoms with Crippen molar-refractivity contribution < 1.29 is 4.79 Å². The number of nitrogens with one attached hydrogen (secondary N) is 1. The summed E-state index contributed by atoms with van der Waals surface area (Å²) in [7, 11) is 2.15. The van der Waals surface area contributed by atoms with Gasteiger partial charge in [0.15, 0.2) is 0 Å². The van der Waals surface area contributed by atoms with Gasteiger partial charge in [0.05, 0.1) is 0 Å². The molecule has 0 bridgehead atoms. The number of para-hydroxylation sites is 1. The first kappa shape index (κ1) is 14.4. The van der Waals surface area contributed by atoms with Gasteiger partial charge in [-0.2, -0.15) is 0 Å². The Balaban J connectivity index is 1.73. The van der Waals surface area contributed by atoms with Gasteiger partial charge >= 0.3 is 0 Å². The third-order valence-corrected chi connectivity index (χ3v) is 4.73. The van der Waals surface area contributed by atoms with Crippen LogP contribution in [0.4, 0.5) is 5.69 Å². The quantitative estimate of drug-likeness (QED) is 0.903. The number of likely N-dealkylation sites (N-methyl/N-ethyl adjacent to an activating group) is 1. The highest BCUT2D eigenvalue weighted by atomic mass is 16.2. The Bertz CT molecular complexity index is 492. The predicted molar refractivity (Wildman–Crippen MR) is 85.5 cm³/mol. The number of rotatable bonds is 2. The number of amides is 1. The molecule has 1 saturated heterocycles. The molecule has 2 aliphatic heterocycles. The van der Waals surface area contributed by atoms with Crippen LogP contribution in [0.3, 0.4) is 0 Å². The van der Waals surface area contributed by atoms with Gasteiger partial charge in [-0.1, -0.05) is 25.1 Å². The number of benzene rings is 1. The van der Waals surface area contributed by atoms with E-state index in [1.807, 2.05) is 12.1 Å². The zero-order valence-corrected chi connectivity index (χ0v) is 13.0. The molecule has 1 aromatic rings. The SMILES string of the molecule is CCC1CN(C)CCCN1C(=O)C1Cc2ccccc2N1. The number of carbonyl (C=O) groups excluding carboxylic acids is 1. The molecule has 0 spiro atoms. The molecular formula is C17H25N3O. The summed E-state index contributed by atoms with van der Waals surface area (Å²) in [6.45, 7) is 5.14. The lowest BCUT2D eigenvalue weighted by Gasteiger charge is -2.32. The van der Waals surface area contributed by atoms with Gasteiger partial charge in [0, 0.05) is 31.2 Å². The molecule has 2 unspecified atom stereocenters. The van der Waals surface area contributed by atoms with E-state index >= 15 is 0 Å². The molecule has 1 N–H and O–H groups in total. The normalized spacial score (nSPS) is 26.1. The van der Waals surface area contributed by atoms with Gasteiger partial charge in [0.1, 0.15) is 6.04 Å². The Hall–Kier alpha value is -1.55. The Labute approximate surface area is 127 Å². The summed E-state index contributed by atoms with van der Waals surface area (Å²) in [4.78, 5) is 17.4. The van der Waals surface area contributed by atoms with Crippen molar-refractivity contribution in [3.63, 3.8) is 0 Å². The number of anilines is 1. The van der Waals surface area contributed by atoms with Crippen LogP contribution >= 0.6 is 0 Å². The van der Waals surface area contributed by atoms with Crippen LogP contribution in [-0.4, -0.2) is 54.5 Å². The molecule has 3 rings (SSSR count). The zero-order valence-electron chi connectivity index (χ0n) is 13.0. The molecule has 1 fully saturated rings. The van der Waals surface area contributed by atoms with Crippen LogP contribution in [0.15, 0.2) is 24.3 Å². The second-order valence-electron chi connectivity index (χ2n) is 6.27. The predicted octanol–water partition coefficient (Wildman–Crippen LogP) is 1.97. The van der Waals surface area contributed by atoms with Gasteiger partial charge < -0.3 is 15.1 Å². The summed E-state index contributed by atoms with van der Waals surface area (Å²) in [6, 6.07) is 8.51. The van der Waals surface area contributed by atoms with Crippen molar-refractivity contribution in [2.75, 3.05) is 32.0 Å². The average molecular weight is 287 g/mol. The highest BCUT2D eigenvalue weighted by Crippen LogP contribution is 2.27. The van der Waals surface area contributed by atoms with E-state index in [2.05, 4.69) is 41.2 Å². The topological polar surface area (TPSA) is 35.6 Å². The van der Waals surface area contributed by atoms with Crippen molar-refractivity contribution in [1.29, 1.82) is 0 Å². The highest BCUT2D eigenvalue weighted by molar-refractivity contribution is 5.87. The highest BCUT2D eigenvalue weighted by Gasteiger charge is 2.34. The maximum Gasteiger partial charge on any atom is 0.245 e. The molecule has 114 valence electrons. The molecule has 2 aliphatic rings. The van der Waals surface area contributed by atoms with Crippen LogP contribution in [0.25, 0.3) is 0 Å². The van der Waals surface area contributed by atoms with Crippen LogP contribution in [-0.2, 0) is 11.2 Å². The number of hydrogen-bond donors (Lipinski definition) is 1. The first-order valence-corrected chi connectivity index (χ1v) is 8.02. The van der Waals surface area contributed by atoms with Crippen LogP contribution in [0.1, 0.15) is 25.3 Å². The smallest absolute Gasteiger partial charge is 0.245 e. The number of nitrogens with zero attached hydrogens (tertiary/aromatic N) is 2. The molecule has 1 aromatic carbocycles. The number of hydrogen-bond acceptors (Lipinski definition) is 3. The second-order valence-corrected chi connectivity index (χ2v) is 6.27. The minimum atomic E-state index is -0.0835. The third-order valence-electron chi connectivity index (χ3n) is 4.73. The maximum absolute atomic E-state index is 12.9. The molecule has 0 aliphatic carbocycles.